The first-order chi connectivity index (χ1) is 8.33. The van der Waals surface area contributed by atoms with Gasteiger partial charge in [-0.1, -0.05) is 94.5 Å². The summed E-state index contributed by atoms with van der Waals surface area (Å²) in [7, 11) is -0.201. The maximum atomic E-state index is 2.45. The summed E-state index contributed by atoms with van der Waals surface area (Å²) in [5.74, 6) is 0. The molecule has 0 atom stereocenters. The molecule has 0 heterocycles. The summed E-state index contributed by atoms with van der Waals surface area (Å²) in [6.45, 7) is 21.2. The van der Waals surface area contributed by atoms with Gasteiger partial charge >= 0.3 is 0 Å². The molecule has 1 aromatic carbocycles. The first-order valence-corrected chi connectivity index (χ1v) is 8.58. The van der Waals surface area contributed by atoms with E-state index in [-0.39, 0.29) is 13.3 Å². The second-order valence-electron chi connectivity index (χ2n) is 8.48. The summed E-state index contributed by atoms with van der Waals surface area (Å²) in [4.78, 5) is 0. The van der Waals surface area contributed by atoms with E-state index in [2.05, 4.69) is 86.6 Å². The van der Waals surface area contributed by atoms with E-state index in [9.17, 15) is 0 Å². The Balaban J connectivity index is 3.34. The van der Waals surface area contributed by atoms with E-state index in [1.54, 1.807) is 5.30 Å². The first-order valence-electron chi connectivity index (χ1n) is 7.24. The number of hydrogen-bond donors (Lipinski definition) is 0. The summed E-state index contributed by atoms with van der Waals surface area (Å²) in [5.41, 5.74) is 1.68. The van der Waals surface area contributed by atoms with Crippen LogP contribution in [0.4, 0.5) is 0 Å². The smallest absolute Gasteiger partial charge is 0.0132 e. The molecule has 0 fully saturated rings. The standard InChI is InChI=1S/C18H31P/c1-16(2,3)14-11-10-12-15(13-14)19(17(4,5)6)18(7,8)9/h10-13H,1-9H3. The van der Waals surface area contributed by atoms with E-state index in [0.717, 1.165) is 0 Å². The van der Waals surface area contributed by atoms with Gasteiger partial charge in [-0.05, 0) is 26.6 Å². The summed E-state index contributed by atoms with van der Waals surface area (Å²) in [5, 5.41) is 2.22. The molecule has 1 rings (SSSR count). The van der Waals surface area contributed by atoms with Crippen molar-refractivity contribution in [2.24, 2.45) is 0 Å². The predicted octanol–water partition coefficient (Wildman–Crippen LogP) is 5.69. The first kappa shape index (κ1) is 16.7. The molecule has 19 heavy (non-hydrogen) atoms. The largest absolute Gasteiger partial charge is 0.0643 e. The molecule has 0 nitrogen and oxygen atoms in total. The van der Waals surface area contributed by atoms with E-state index >= 15 is 0 Å². The fourth-order valence-electron chi connectivity index (χ4n) is 2.89. The molecule has 0 unspecified atom stereocenters. The maximum Gasteiger partial charge on any atom is -0.0132 e. The lowest BCUT2D eigenvalue weighted by Crippen LogP contribution is -2.31. The van der Waals surface area contributed by atoms with E-state index in [1.165, 1.54) is 5.56 Å². The zero-order valence-electron chi connectivity index (χ0n) is 14.3. The van der Waals surface area contributed by atoms with E-state index in [1.807, 2.05) is 0 Å². The third-order valence-electron chi connectivity index (χ3n) is 3.31. The molecule has 0 aliphatic rings. The third kappa shape index (κ3) is 4.32. The molecule has 0 aliphatic heterocycles. The van der Waals surface area contributed by atoms with Crippen molar-refractivity contribution in [3.05, 3.63) is 29.8 Å². The lowest BCUT2D eigenvalue weighted by Gasteiger charge is -2.42. The molecule has 1 heteroatoms. The molecular formula is C18H31P. The highest BCUT2D eigenvalue weighted by atomic mass is 31.1. The average molecular weight is 278 g/mol. The van der Waals surface area contributed by atoms with E-state index < -0.39 is 0 Å². The van der Waals surface area contributed by atoms with Gasteiger partial charge in [-0.3, -0.25) is 0 Å². The number of rotatable bonds is 1. The van der Waals surface area contributed by atoms with Gasteiger partial charge < -0.3 is 0 Å². The summed E-state index contributed by atoms with van der Waals surface area (Å²) < 4.78 is 0. The average Bonchev–Trinajstić information content (AvgIpc) is 2.11. The van der Waals surface area contributed by atoms with Crippen LogP contribution in [0.25, 0.3) is 0 Å². The van der Waals surface area contributed by atoms with Gasteiger partial charge in [0.1, 0.15) is 0 Å². The van der Waals surface area contributed by atoms with E-state index in [4.69, 9.17) is 0 Å². The fraction of sp³-hybridized carbons (Fsp3) is 0.667. The molecule has 0 aromatic heterocycles. The number of hydrogen-bond acceptors (Lipinski definition) is 0. The lowest BCUT2D eigenvalue weighted by molar-refractivity contribution is 0.590. The fourth-order valence-corrected chi connectivity index (χ4v) is 6.96. The number of benzene rings is 1. The molecule has 0 N–H and O–H groups in total. The van der Waals surface area contributed by atoms with E-state index in [0.29, 0.717) is 10.3 Å². The highest BCUT2D eigenvalue weighted by molar-refractivity contribution is 7.68. The van der Waals surface area contributed by atoms with Crippen LogP contribution in [0, 0.1) is 0 Å². The van der Waals surface area contributed by atoms with Crippen LogP contribution in [-0.2, 0) is 5.41 Å². The van der Waals surface area contributed by atoms with Crippen molar-refractivity contribution in [3.8, 4) is 0 Å². The third-order valence-corrected chi connectivity index (χ3v) is 6.79. The SMILES string of the molecule is CC(C)(C)c1cccc(P(C(C)(C)C)C(C)(C)C)c1. The van der Waals surface area contributed by atoms with Crippen LogP contribution in [0.5, 0.6) is 0 Å². The Bertz CT molecular complexity index is 410. The molecule has 0 amide bonds. The normalized spacial score (nSPS) is 14.0. The van der Waals surface area contributed by atoms with Crippen molar-refractivity contribution < 1.29 is 0 Å². The van der Waals surface area contributed by atoms with Gasteiger partial charge in [-0.25, -0.2) is 0 Å². The van der Waals surface area contributed by atoms with Crippen molar-refractivity contribution in [3.63, 3.8) is 0 Å². The predicted molar refractivity (Wildman–Crippen MR) is 91.2 cm³/mol. The zero-order chi connectivity index (χ0) is 15.1. The van der Waals surface area contributed by atoms with Gasteiger partial charge in [0.15, 0.2) is 0 Å². The molecule has 0 radical (unpaired) electrons. The van der Waals surface area contributed by atoms with Crippen LogP contribution in [0.2, 0.25) is 0 Å². The van der Waals surface area contributed by atoms with Gasteiger partial charge in [0.05, 0.1) is 0 Å². The zero-order valence-corrected chi connectivity index (χ0v) is 15.2. The summed E-state index contributed by atoms with van der Waals surface area (Å²) in [6, 6.07) is 9.28. The van der Waals surface area contributed by atoms with Crippen molar-refractivity contribution >= 4 is 13.2 Å². The van der Waals surface area contributed by atoms with Crippen molar-refractivity contribution in [1.29, 1.82) is 0 Å². The highest BCUT2D eigenvalue weighted by Crippen LogP contribution is 2.58. The minimum Gasteiger partial charge on any atom is -0.0643 e. The van der Waals surface area contributed by atoms with Gasteiger partial charge in [-0.2, -0.15) is 0 Å². The van der Waals surface area contributed by atoms with Crippen molar-refractivity contribution in [2.45, 2.75) is 78.0 Å². The maximum absolute atomic E-state index is 2.45. The lowest BCUT2D eigenvalue weighted by atomic mass is 9.87. The molecule has 1 aromatic rings. The topological polar surface area (TPSA) is 0 Å². The Labute approximate surface area is 121 Å². The second kappa shape index (κ2) is 5.21. The summed E-state index contributed by atoms with van der Waals surface area (Å²) in [6.07, 6.45) is 0. The molecule has 0 saturated heterocycles. The molecule has 0 aliphatic carbocycles. The quantitative estimate of drug-likeness (QED) is 0.579. The van der Waals surface area contributed by atoms with Crippen LogP contribution in [0.3, 0.4) is 0 Å². The Morgan fingerprint density at radius 3 is 1.58 bits per heavy atom. The van der Waals surface area contributed by atoms with Crippen LogP contribution in [0.15, 0.2) is 24.3 Å². The van der Waals surface area contributed by atoms with Gasteiger partial charge in [0.25, 0.3) is 0 Å². The monoisotopic (exact) mass is 278 g/mol. The van der Waals surface area contributed by atoms with Crippen molar-refractivity contribution in [1.82, 2.24) is 0 Å². The Morgan fingerprint density at radius 1 is 0.737 bits per heavy atom. The Hall–Kier alpha value is -0.350. The van der Waals surface area contributed by atoms with Crippen LogP contribution >= 0.6 is 7.92 Å². The molecule has 0 bridgehead atoms. The van der Waals surface area contributed by atoms with Crippen LogP contribution in [0.1, 0.15) is 67.9 Å². The molecule has 0 saturated carbocycles. The van der Waals surface area contributed by atoms with Crippen molar-refractivity contribution in [2.75, 3.05) is 0 Å². The second-order valence-corrected chi connectivity index (χ2v) is 12.3. The minimum absolute atomic E-state index is 0.201. The Morgan fingerprint density at radius 2 is 1.21 bits per heavy atom. The van der Waals surface area contributed by atoms with Crippen LogP contribution < -0.4 is 5.30 Å². The Kier molecular flexibility index (Phi) is 4.58. The molecule has 0 spiro atoms. The minimum atomic E-state index is -0.201. The molecule has 108 valence electrons. The van der Waals surface area contributed by atoms with Gasteiger partial charge in [0.2, 0.25) is 0 Å². The molecular weight excluding hydrogens is 247 g/mol. The van der Waals surface area contributed by atoms with Gasteiger partial charge in [0, 0.05) is 0 Å². The van der Waals surface area contributed by atoms with Crippen LogP contribution in [-0.4, -0.2) is 10.3 Å². The summed E-state index contributed by atoms with van der Waals surface area (Å²) >= 11 is 0. The van der Waals surface area contributed by atoms with Gasteiger partial charge in [-0.15, -0.1) is 0 Å². The highest BCUT2D eigenvalue weighted by Gasteiger charge is 2.35.